The number of amides is 4. The van der Waals surface area contributed by atoms with E-state index < -0.39 is 17.8 Å². The molecule has 1 aliphatic heterocycles. The van der Waals surface area contributed by atoms with Gasteiger partial charge in [0.15, 0.2) is 11.5 Å². The van der Waals surface area contributed by atoms with Gasteiger partial charge in [-0.1, -0.05) is 64.5 Å². The molecule has 1 saturated heterocycles. The normalized spacial score (nSPS) is 14.7. The van der Waals surface area contributed by atoms with Crippen LogP contribution in [0.3, 0.4) is 0 Å². The number of hydrogen-bond donors (Lipinski definition) is 1. The summed E-state index contributed by atoms with van der Waals surface area (Å²) in [6.07, 6.45) is 1.43. The molecule has 0 radical (unpaired) electrons. The average Bonchev–Trinajstić information content (AvgIpc) is 2.91. The summed E-state index contributed by atoms with van der Waals surface area (Å²) in [5, 5.41) is 4.49. The van der Waals surface area contributed by atoms with Gasteiger partial charge in [0.05, 0.1) is 12.8 Å². The molecule has 0 atom stereocenters. The molecule has 4 aromatic rings. The zero-order valence-electron chi connectivity index (χ0n) is 20.7. The number of hydrogen-bond acceptors (Lipinski definition) is 5. The second-order valence-corrected chi connectivity index (χ2v) is 9.64. The van der Waals surface area contributed by atoms with Gasteiger partial charge in [-0.2, -0.15) is 0 Å². The number of aryl methyl sites for hydroxylation is 1. The van der Waals surface area contributed by atoms with Crippen molar-refractivity contribution in [1.82, 2.24) is 5.32 Å². The first-order valence-corrected chi connectivity index (χ1v) is 12.6. The minimum atomic E-state index is -0.794. The van der Waals surface area contributed by atoms with E-state index >= 15 is 0 Å². The van der Waals surface area contributed by atoms with Gasteiger partial charge in [-0.25, -0.2) is 9.69 Å². The van der Waals surface area contributed by atoms with Crippen molar-refractivity contribution < 1.29 is 23.9 Å². The smallest absolute Gasteiger partial charge is 0.335 e. The number of methoxy groups -OCH3 is 1. The fourth-order valence-electron chi connectivity index (χ4n) is 4.38. The average molecular weight is 571 g/mol. The van der Waals surface area contributed by atoms with Crippen LogP contribution in [-0.2, 0) is 16.2 Å². The molecule has 0 bridgehead atoms. The van der Waals surface area contributed by atoms with E-state index in [9.17, 15) is 14.4 Å². The monoisotopic (exact) mass is 570 g/mol. The van der Waals surface area contributed by atoms with Crippen LogP contribution < -0.4 is 19.7 Å². The van der Waals surface area contributed by atoms with E-state index in [2.05, 4.69) is 39.4 Å². The predicted octanol–water partition coefficient (Wildman–Crippen LogP) is 6.16. The standard InChI is InChI=1S/C30H23BrN2O5/c1-18-14-22(31)11-12-25(18)33-29(35)24(28(34)32-30(33)36)15-19-10-13-26(27(16-19)37-2)38-17-21-8-5-7-20-6-3-4-9-23(20)21/h3-16H,17H2,1-2H3,(H,32,34,36)/b24-15-. The maximum absolute atomic E-state index is 13.3. The lowest BCUT2D eigenvalue weighted by molar-refractivity contribution is -0.122. The van der Waals surface area contributed by atoms with Gasteiger partial charge in [0.25, 0.3) is 11.8 Å². The molecule has 8 heteroatoms. The molecule has 5 rings (SSSR count). The maximum Gasteiger partial charge on any atom is 0.335 e. The SMILES string of the molecule is COc1cc(/C=C2/C(=O)NC(=O)N(c3ccc(Br)cc3C)C2=O)ccc1OCc1cccc2ccccc12. The fourth-order valence-corrected chi connectivity index (χ4v) is 4.86. The Balaban J connectivity index is 1.41. The first kappa shape index (κ1) is 25.2. The van der Waals surface area contributed by atoms with Gasteiger partial charge in [0.1, 0.15) is 12.2 Å². The van der Waals surface area contributed by atoms with E-state index in [1.54, 1.807) is 43.3 Å². The van der Waals surface area contributed by atoms with Crippen LogP contribution in [0.2, 0.25) is 0 Å². The zero-order chi connectivity index (χ0) is 26.8. The van der Waals surface area contributed by atoms with Gasteiger partial charge in [-0.05, 0) is 70.8 Å². The van der Waals surface area contributed by atoms with Crippen molar-refractivity contribution >= 4 is 56.3 Å². The second kappa shape index (κ2) is 10.5. The number of nitrogens with zero attached hydrogens (tertiary/aromatic N) is 1. The molecule has 4 amide bonds. The molecule has 7 nitrogen and oxygen atoms in total. The van der Waals surface area contributed by atoms with Crippen LogP contribution in [0.1, 0.15) is 16.7 Å². The molecule has 0 unspecified atom stereocenters. The molecule has 1 aliphatic rings. The Bertz CT molecular complexity index is 1620. The van der Waals surface area contributed by atoms with E-state index in [1.807, 2.05) is 24.3 Å². The third-order valence-electron chi connectivity index (χ3n) is 6.26. The van der Waals surface area contributed by atoms with Gasteiger partial charge >= 0.3 is 6.03 Å². The van der Waals surface area contributed by atoms with Crippen LogP contribution >= 0.6 is 15.9 Å². The number of imide groups is 2. The highest BCUT2D eigenvalue weighted by molar-refractivity contribution is 9.10. The number of urea groups is 1. The van der Waals surface area contributed by atoms with E-state index in [4.69, 9.17) is 9.47 Å². The largest absolute Gasteiger partial charge is 0.493 e. The van der Waals surface area contributed by atoms with E-state index in [-0.39, 0.29) is 5.57 Å². The summed E-state index contributed by atoms with van der Waals surface area (Å²) in [7, 11) is 1.52. The molecule has 0 saturated carbocycles. The van der Waals surface area contributed by atoms with Crippen LogP contribution in [0.5, 0.6) is 11.5 Å². The molecule has 4 aromatic carbocycles. The minimum Gasteiger partial charge on any atom is -0.493 e. The summed E-state index contributed by atoms with van der Waals surface area (Å²) in [4.78, 5) is 39.4. The number of rotatable bonds is 6. The fraction of sp³-hybridized carbons (Fsp3) is 0.100. The summed E-state index contributed by atoms with van der Waals surface area (Å²) in [6.45, 7) is 2.12. The predicted molar refractivity (Wildman–Crippen MR) is 149 cm³/mol. The molecule has 1 N–H and O–H groups in total. The number of benzene rings is 4. The van der Waals surface area contributed by atoms with Crippen molar-refractivity contribution in [3.8, 4) is 11.5 Å². The number of carbonyl (C=O) groups is 3. The van der Waals surface area contributed by atoms with E-state index in [0.717, 1.165) is 25.7 Å². The molecule has 190 valence electrons. The Hall–Kier alpha value is -4.43. The Morgan fingerprint density at radius 2 is 1.71 bits per heavy atom. The minimum absolute atomic E-state index is 0.168. The lowest BCUT2D eigenvalue weighted by Crippen LogP contribution is -2.54. The van der Waals surface area contributed by atoms with Gasteiger partial charge in [0.2, 0.25) is 0 Å². The third-order valence-corrected chi connectivity index (χ3v) is 6.76. The molecule has 38 heavy (non-hydrogen) atoms. The number of barbiturate groups is 1. The number of ether oxygens (including phenoxy) is 2. The second-order valence-electron chi connectivity index (χ2n) is 8.73. The number of fused-ring (bicyclic) bond motifs is 1. The number of anilines is 1. The highest BCUT2D eigenvalue weighted by Gasteiger charge is 2.37. The maximum atomic E-state index is 13.3. The van der Waals surface area contributed by atoms with Crippen LogP contribution in [-0.4, -0.2) is 25.0 Å². The summed E-state index contributed by atoms with van der Waals surface area (Å²) < 4.78 is 12.4. The van der Waals surface area contributed by atoms with Crippen molar-refractivity contribution in [2.45, 2.75) is 13.5 Å². The number of nitrogens with one attached hydrogen (secondary N) is 1. The van der Waals surface area contributed by atoms with E-state index in [0.29, 0.717) is 34.9 Å². The van der Waals surface area contributed by atoms with Crippen LogP contribution in [0.4, 0.5) is 10.5 Å². The quantitative estimate of drug-likeness (QED) is 0.221. The van der Waals surface area contributed by atoms with Crippen LogP contribution in [0.25, 0.3) is 16.8 Å². The first-order valence-electron chi connectivity index (χ1n) is 11.8. The molecule has 0 spiro atoms. The third kappa shape index (κ3) is 4.90. The van der Waals surface area contributed by atoms with Crippen molar-refractivity contribution in [3.05, 3.63) is 106 Å². The lowest BCUT2D eigenvalue weighted by atomic mass is 10.0. The zero-order valence-corrected chi connectivity index (χ0v) is 22.2. The first-order chi connectivity index (χ1) is 18.4. The van der Waals surface area contributed by atoms with Gasteiger partial charge in [0, 0.05) is 4.47 Å². The summed E-state index contributed by atoms with van der Waals surface area (Å²) >= 11 is 3.38. The Kier molecular flexibility index (Phi) is 6.98. The number of halogens is 1. The Labute approximate surface area is 227 Å². The molecular weight excluding hydrogens is 548 g/mol. The van der Waals surface area contributed by atoms with Crippen molar-refractivity contribution in [1.29, 1.82) is 0 Å². The molecular formula is C30H23BrN2O5. The summed E-state index contributed by atoms with van der Waals surface area (Å²) in [6, 6.07) is 23.6. The van der Waals surface area contributed by atoms with Gasteiger partial charge in [-0.15, -0.1) is 0 Å². The molecule has 0 aromatic heterocycles. The molecule has 1 heterocycles. The highest BCUT2D eigenvalue weighted by atomic mass is 79.9. The van der Waals surface area contributed by atoms with Crippen LogP contribution in [0.15, 0.2) is 88.9 Å². The number of carbonyl (C=O) groups excluding carboxylic acids is 3. The summed E-state index contributed by atoms with van der Waals surface area (Å²) in [5.41, 5.74) is 2.50. The van der Waals surface area contributed by atoms with Crippen molar-refractivity contribution in [2.75, 3.05) is 12.0 Å². The summed E-state index contributed by atoms with van der Waals surface area (Å²) in [5.74, 6) is -0.509. The van der Waals surface area contributed by atoms with Gasteiger partial charge < -0.3 is 9.47 Å². The Morgan fingerprint density at radius 3 is 2.50 bits per heavy atom. The molecule has 0 aliphatic carbocycles. The lowest BCUT2D eigenvalue weighted by Gasteiger charge is -2.27. The Morgan fingerprint density at radius 1 is 0.921 bits per heavy atom. The van der Waals surface area contributed by atoms with Crippen molar-refractivity contribution in [3.63, 3.8) is 0 Å². The molecule has 1 fully saturated rings. The van der Waals surface area contributed by atoms with Crippen LogP contribution in [0, 0.1) is 6.92 Å². The van der Waals surface area contributed by atoms with E-state index in [1.165, 1.54) is 13.2 Å². The van der Waals surface area contributed by atoms with Crippen molar-refractivity contribution in [2.24, 2.45) is 0 Å². The highest BCUT2D eigenvalue weighted by Crippen LogP contribution is 2.32. The topological polar surface area (TPSA) is 84.9 Å². The van der Waals surface area contributed by atoms with Gasteiger partial charge in [-0.3, -0.25) is 14.9 Å².